The molecule has 0 spiro atoms. The molecule has 1 heterocycles. The first kappa shape index (κ1) is 26.5. The Morgan fingerprint density at radius 3 is 2.08 bits per heavy atom. The summed E-state index contributed by atoms with van der Waals surface area (Å²) in [4.78, 5) is 43.4. The molecule has 198 valence electrons. The molecule has 2 fully saturated rings. The van der Waals surface area contributed by atoms with Gasteiger partial charge in [0.1, 0.15) is 11.8 Å². The van der Waals surface area contributed by atoms with Crippen LogP contribution in [0.25, 0.3) is 0 Å². The summed E-state index contributed by atoms with van der Waals surface area (Å²) in [5, 5.41) is 0. The molecule has 37 heavy (non-hydrogen) atoms. The van der Waals surface area contributed by atoms with Crippen molar-refractivity contribution in [2.24, 2.45) is 16.7 Å². The minimum Gasteiger partial charge on any atom is -0.497 e. The number of methoxy groups -OCH3 is 3. The van der Waals surface area contributed by atoms with Crippen LogP contribution in [0.5, 0.6) is 17.2 Å². The van der Waals surface area contributed by atoms with Gasteiger partial charge in [0.05, 0.1) is 33.4 Å². The lowest BCUT2D eigenvalue weighted by Gasteiger charge is -2.29. The van der Waals surface area contributed by atoms with Crippen molar-refractivity contribution in [1.82, 2.24) is 4.90 Å². The number of hydrogen-bond acceptors (Lipinski definition) is 6. The molecule has 8 heteroatoms. The largest absolute Gasteiger partial charge is 0.497 e. The molecule has 0 aromatic heterocycles. The number of benzene rings is 2. The van der Waals surface area contributed by atoms with E-state index in [-0.39, 0.29) is 40.9 Å². The SMILES string of the molecule is COc1ccc(N2C(=O)CC(N(CCc3ccc(OC)c(OC)c3)C(=O)C3C(C)(C)C3(C)C)C2=O)cc1. The molecule has 1 saturated carbocycles. The Morgan fingerprint density at radius 1 is 0.919 bits per heavy atom. The predicted octanol–water partition coefficient (Wildman–Crippen LogP) is 4.10. The lowest BCUT2D eigenvalue weighted by Crippen LogP contribution is -2.47. The molecule has 2 aromatic carbocycles. The minimum atomic E-state index is -0.852. The van der Waals surface area contributed by atoms with Gasteiger partial charge in [0.25, 0.3) is 5.91 Å². The van der Waals surface area contributed by atoms with E-state index in [9.17, 15) is 14.4 Å². The molecule has 0 N–H and O–H groups in total. The minimum absolute atomic E-state index is 0.0455. The fraction of sp³-hybridized carbons (Fsp3) is 0.483. The smallest absolute Gasteiger partial charge is 0.257 e. The Morgan fingerprint density at radius 2 is 1.54 bits per heavy atom. The van der Waals surface area contributed by atoms with E-state index in [1.165, 1.54) is 4.90 Å². The summed E-state index contributed by atoms with van der Waals surface area (Å²) in [5.41, 5.74) is 1.01. The standard InChI is InChI=1S/C29H36N2O6/c1-28(2)25(29(28,3)4)27(34)30(15-14-18-8-13-22(36-6)23(16-18)37-7)21-17-24(32)31(26(21)33)19-9-11-20(35-5)12-10-19/h8-13,16,21,25H,14-15,17H2,1-7H3. The quantitative estimate of drug-likeness (QED) is 0.474. The second-order valence-corrected chi connectivity index (χ2v) is 10.8. The van der Waals surface area contributed by atoms with Crippen molar-refractivity contribution >= 4 is 23.4 Å². The Labute approximate surface area is 218 Å². The van der Waals surface area contributed by atoms with Crippen molar-refractivity contribution in [2.45, 2.75) is 46.6 Å². The fourth-order valence-corrected chi connectivity index (χ4v) is 5.55. The monoisotopic (exact) mass is 508 g/mol. The summed E-state index contributed by atoms with van der Waals surface area (Å²) in [6, 6.07) is 11.5. The normalized spacial score (nSPS) is 20.1. The van der Waals surface area contributed by atoms with Crippen molar-refractivity contribution in [2.75, 3.05) is 32.8 Å². The van der Waals surface area contributed by atoms with Crippen LogP contribution in [0.1, 0.15) is 39.7 Å². The fourth-order valence-electron chi connectivity index (χ4n) is 5.55. The zero-order chi connectivity index (χ0) is 27.1. The van der Waals surface area contributed by atoms with Crippen molar-refractivity contribution in [1.29, 1.82) is 0 Å². The van der Waals surface area contributed by atoms with Crippen molar-refractivity contribution < 1.29 is 28.6 Å². The topological polar surface area (TPSA) is 85.4 Å². The average molecular weight is 509 g/mol. The number of carbonyl (C=O) groups is 3. The molecular formula is C29H36N2O6. The summed E-state index contributed by atoms with van der Waals surface area (Å²) >= 11 is 0. The van der Waals surface area contributed by atoms with Crippen LogP contribution in [0.2, 0.25) is 0 Å². The van der Waals surface area contributed by atoms with Crippen LogP contribution in [0.4, 0.5) is 5.69 Å². The van der Waals surface area contributed by atoms with E-state index in [0.29, 0.717) is 35.9 Å². The van der Waals surface area contributed by atoms with E-state index in [1.54, 1.807) is 50.5 Å². The lowest BCUT2D eigenvalue weighted by molar-refractivity contribution is -0.140. The molecule has 0 radical (unpaired) electrons. The van der Waals surface area contributed by atoms with Crippen LogP contribution in [0.15, 0.2) is 42.5 Å². The molecule has 1 aliphatic carbocycles. The lowest BCUT2D eigenvalue weighted by atomic mass is 10.0. The first-order valence-electron chi connectivity index (χ1n) is 12.5. The third-order valence-corrected chi connectivity index (χ3v) is 8.47. The third-order valence-electron chi connectivity index (χ3n) is 8.47. The molecule has 4 rings (SSSR count). The first-order chi connectivity index (χ1) is 17.5. The highest BCUT2D eigenvalue weighted by molar-refractivity contribution is 6.23. The molecule has 2 aromatic rings. The highest BCUT2D eigenvalue weighted by Crippen LogP contribution is 2.69. The van der Waals surface area contributed by atoms with E-state index in [2.05, 4.69) is 27.7 Å². The number of imide groups is 1. The summed E-state index contributed by atoms with van der Waals surface area (Å²) < 4.78 is 16.0. The molecule has 8 nitrogen and oxygen atoms in total. The summed E-state index contributed by atoms with van der Waals surface area (Å²) in [6.45, 7) is 8.61. The van der Waals surface area contributed by atoms with Crippen LogP contribution in [-0.4, -0.2) is 56.5 Å². The maximum atomic E-state index is 13.9. The average Bonchev–Trinajstić information content (AvgIpc) is 3.11. The van der Waals surface area contributed by atoms with Gasteiger partial charge in [-0.05, 0) is 59.2 Å². The predicted molar refractivity (Wildman–Crippen MR) is 140 cm³/mol. The number of nitrogens with zero attached hydrogens (tertiary/aromatic N) is 2. The number of hydrogen-bond donors (Lipinski definition) is 0. The Hall–Kier alpha value is -3.55. The van der Waals surface area contributed by atoms with Gasteiger partial charge >= 0.3 is 0 Å². The van der Waals surface area contributed by atoms with Crippen LogP contribution >= 0.6 is 0 Å². The number of rotatable bonds is 9. The highest BCUT2D eigenvalue weighted by Gasteiger charge is 2.69. The number of anilines is 1. The molecular weight excluding hydrogens is 472 g/mol. The van der Waals surface area contributed by atoms with E-state index < -0.39 is 6.04 Å². The van der Waals surface area contributed by atoms with Crippen LogP contribution in [-0.2, 0) is 20.8 Å². The van der Waals surface area contributed by atoms with Gasteiger partial charge in [0.2, 0.25) is 11.8 Å². The number of carbonyl (C=O) groups excluding carboxylic acids is 3. The molecule has 1 aliphatic heterocycles. The third kappa shape index (κ3) is 4.54. The molecule has 0 bridgehead atoms. The van der Waals surface area contributed by atoms with Crippen molar-refractivity contribution in [3.63, 3.8) is 0 Å². The summed E-state index contributed by atoms with van der Waals surface area (Å²) in [5.74, 6) is 0.823. The second-order valence-electron chi connectivity index (χ2n) is 10.8. The zero-order valence-corrected chi connectivity index (χ0v) is 22.7. The Balaban J connectivity index is 1.62. The van der Waals surface area contributed by atoms with Gasteiger partial charge in [0, 0.05) is 12.5 Å². The number of amides is 3. The second kappa shape index (κ2) is 9.72. The molecule has 2 aliphatic rings. The van der Waals surface area contributed by atoms with Gasteiger partial charge in [-0.15, -0.1) is 0 Å². The van der Waals surface area contributed by atoms with E-state index in [1.807, 2.05) is 18.2 Å². The van der Waals surface area contributed by atoms with Gasteiger partial charge in [-0.25, -0.2) is 4.90 Å². The molecule has 1 atom stereocenters. The van der Waals surface area contributed by atoms with Gasteiger partial charge in [-0.2, -0.15) is 0 Å². The van der Waals surface area contributed by atoms with E-state index >= 15 is 0 Å². The molecule has 1 unspecified atom stereocenters. The van der Waals surface area contributed by atoms with Crippen LogP contribution in [0, 0.1) is 16.7 Å². The van der Waals surface area contributed by atoms with Crippen molar-refractivity contribution in [3.05, 3.63) is 48.0 Å². The van der Waals surface area contributed by atoms with Crippen LogP contribution in [0.3, 0.4) is 0 Å². The number of ether oxygens (including phenoxy) is 3. The van der Waals surface area contributed by atoms with E-state index in [0.717, 1.165) is 5.56 Å². The van der Waals surface area contributed by atoms with E-state index in [4.69, 9.17) is 14.2 Å². The Kier molecular flexibility index (Phi) is 6.97. The van der Waals surface area contributed by atoms with Gasteiger partial charge in [-0.3, -0.25) is 14.4 Å². The summed E-state index contributed by atoms with van der Waals surface area (Å²) in [7, 11) is 4.71. The molecule has 3 amide bonds. The summed E-state index contributed by atoms with van der Waals surface area (Å²) in [6.07, 6.45) is 0.455. The molecule has 1 saturated heterocycles. The Bertz CT molecular complexity index is 1190. The first-order valence-corrected chi connectivity index (χ1v) is 12.5. The maximum Gasteiger partial charge on any atom is 0.257 e. The van der Waals surface area contributed by atoms with Gasteiger partial charge < -0.3 is 19.1 Å². The van der Waals surface area contributed by atoms with Crippen LogP contribution < -0.4 is 19.1 Å². The van der Waals surface area contributed by atoms with Crippen molar-refractivity contribution in [3.8, 4) is 17.2 Å². The highest BCUT2D eigenvalue weighted by atomic mass is 16.5. The maximum absolute atomic E-state index is 13.9. The zero-order valence-electron chi connectivity index (χ0n) is 22.7. The van der Waals surface area contributed by atoms with Gasteiger partial charge in [-0.1, -0.05) is 33.8 Å². The van der Waals surface area contributed by atoms with Gasteiger partial charge in [0.15, 0.2) is 11.5 Å².